The molecule has 0 unspecified atom stereocenters. The van der Waals surface area contributed by atoms with E-state index in [1.165, 1.54) is 10.5 Å². The maximum Gasteiger partial charge on any atom is 0.271 e. The monoisotopic (exact) mass is 529 g/mol. The van der Waals surface area contributed by atoms with E-state index in [1.54, 1.807) is 42.9 Å². The molecule has 0 aliphatic carbocycles. The molecule has 3 rings (SSSR count). The lowest BCUT2D eigenvalue weighted by Crippen LogP contribution is -2.18. The number of thioether (sulfide) groups is 1. The van der Waals surface area contributed by atoms with E-state index in [9.17, 15) is 4.79 Å². The summed E-state index contributed by atoms with van der Waals surface area (Å²) in [6, 6.07) is 11.2. The number of amides is 1. The number of carbonyl (C=O) groups is 3. The molecule has 2 aromatic carbocycles. The first-order chi connectivity index (χ1) is 15.8. The molecule has 0 saturated heterocycles. The highest BCUT2D eigenvalue weighted by atomic mass is 35.5. The number of aromatic nitrogens is 2. The minimum Gasteiger partial charge on any atom is -0.354 e. The normalized spacial score (nSPS) is 9.30. The number of hydrogen-bond donors (Lipinski definition) is 1. The van der Waals surface area contributed by atoms with Gasteiger partial charge in [-0.15, -0.1) is 11.8 Å². The van der Waals surface area contributed by atoms with Crippen molar-refractivity contribution >= 4 is 66.1 Å². The molecule has 3 aromatic rings. The summed E-state index contributed by atoms with van der Waals surface area (Å²) in [5, 5.41) is 4.46. The molecule has 0 atom stereocenters. The smallest absolute Gasteiger partial charge is 0.271 e. The summed E-state index contributed by atoms with van der Waals surface area (Å²) in [6.45, 7) is 10.0. The van der Waals surface area contributed by atoms with Crippen molar-refractivity contribution < 1.29 is 14.4 Å². The number of imidazole rings is 1. The van der Waals surface area contributed by atoms with Crippen molar-refractivity contribution in [1.29, 1.82) is 0 Å². The third kappa shape index (κ3) is 9.60. The first-order valence-corrected chi connectivity index (χ1v) is 11.6. The van der Waals surface area contributed by atoms with Crippen LogP contribution in [0, 0.1) is 13.8 Å². The van der Waals surface area contributed by atoms with Gasteiger partial charge in [0.15, 0.2) is 0 Å². The van der Waals surface area contributed by atoms with Crippen LogP contribution in [0.4, 0.5) is 0 Å². The van der Waals surface area contributed by atoms with E-state index in [0.29, 0.717) is 21.6 Å². The average molecular weight is 531 g/mol. The van der Waals surface area contributed by atoms with Gasteiger partial charge in [0.1, 0.15) is 25.1 Å². The van der Waals surface area contributed by atoms with E-state index in [4.69, 9.17) is 44.4 Å². The zero-order valence-electron chi connectivity index (χ0n) is 18.8. The molecule has 33 heavy (non-hydrogen) atoms. The second-order valence-corrected chi connectivity index (χ2v) is 8.63. The molecule has 0 aliphatic rings. The van der Waals surface area contributed by atoms with Gasteiger partial charge in [-0.3, -0.25) is 4.79 Å². The van der Waals surface area contributed by atoms with E-state index in [0.717, 1.165) is 16.5 Å². The molecule has 0 bridgehead atoms. The number of nitrogens with zero attached hydrogens (tertiary/aromatic N) is 2. The van der Waals surface area contributed by atoms with Crippen molar-refractivity contribution in [3.05, 3.63) is 74.7 Å². The Balaban J connectivity index is 0.000000586. The minimum absolute atomic E-state index is 0.232. The molecule has 0 spiro atoms. The van der Waals surface area contributed by atoms with Gasteiger partial charge in [0.25, 0.3) is 5.91 Å². The fourth-order valence-corrected chi connectivity index (χ4v) is 4.11. The van der Waals surface area contributed by atoms with Crippen LogP contribution in [0.2, 0.25) is 15.1 Å². The van der Waals surface area contributed by atoms with Crippen molar-refractivity contribution in [2.45, 2.75) is 25.7 Å². The summed E-state index contributed by atoms with van der Waals surface area (Å²) in [6.07, 6.45) is 1.65. The van der Waals surface area contributed by atoms with Gasteiger partial charge in [-0.05, 0) is 55.5 Å². The lowest BCUT2D eigenvalue weighted by atomic mass is 10.2. The fourth-order valence-electron chi connectivity index (χ4n) is 2.55. The van der Waals surface area contributed by atoms with Crippen LogP contribution in [-0.4, -0.2) is 41.8 Å². The van der Waals surface area contributed by atoms with Gasteiger partial charge in [-0.25, -0.2) is 4.98 Å². The second kappa shape index (κ2) is 16.3. The molecule has 0 aliphatic heterocycles. The summed E-state index contributed by atoms with van der Waals surface area (Å²) in [4.78, 5) is 33.0. The molecule has 1 aromatic heterocycles. The van der Waals surface area contributed by atoms with Gasteiger partial charge < -0.3 is 19.5 Å². The minimum atomic E-state index is -0.232. The maximum absolute atomic E-state index is 11.5. The third-order valence-electron chi connectivity index (χ3n) is 3.99. The van der Waals surface area contributed by atoms with E-state index in [2.05, 4.69) is 30.2 Å². The Hall–Kier alpha value is -2.32. The van der Waals surface area contributed by atoms with Crippen molar-refractivity contribution in [1.82, 2.24) is 14.9 Å². The molecule has 178 valence electrons. The standard InChI is InChI=1S/C12H11Cl2N3O.C9H11ClS.2CH2O/c1-7-16-11(12(18)15-2)6-17(7)10-4-8(13)3-9(14)5-10;1-3-11-9-6-4-5-8(10)7(9)2;2*1-2/h3-6H,1-2H3,(H,15,18);4-6H,3H2,1-2H3;2*1H2. The zero-order valence-corrected chi connectivity index (χ0v) is 21.9. The first kappa shape index (κ1) is 30.7. The highest BCUT2D eigenvalue weighted by Gasteiger charge is 2.12. The molecule has 1 N–H and O–H groups in total. The maximum atomic E-state index is 11.5. The first-order valence-electron chi connectivity index (χ1n) is 9.47. The lowest BCUT2D eigenvalue weighted by molar-refractivity contribution is -0.0987. The Labute approximate surface area is 213 Å². The highest BCUT2D eigenvalue weighted by Crippen LogP contribution is 2.27. The van der Waals surface area contributed by atoms with Crippen molar-refractivity contribution in [2.75, 3.05) is 12.8 Å². The third-order valence-corrected chi connectivity index (χ3v) is 5.87. The fraction of sp³-hybridized carbons (Fsp3) is 0.217. The average Bonchev–Trinajstić information content (AvgIpc) is 3.21. The van der Waals surface area contributed by atoms with Gasteiger partial charge in [-0.2, -0.15) is 0 Å². The van der Waals surface area contributed by atoms with Gasteiger partial charge in [0.2, 0.25) is 0 Å². The van der Waals surface area contributed by atoms with Crippen LogP contribution < -0.4 is 5.32 Å². The Morgan fingerprint density at radius 2 is 1.64 bits per heavy atom. The Bertz CT molecular complexity index is 1020. The van der Waals surface area contributed by atoms with Crippen molar-refractivity contribution in [3.8, 4) is 5.69 Å². The molecule has 10 heteroatoms. The second-order valence-electron chi connectivity index (χ2n) is 6.05. The van der Waals surface area contributed by atoms with Crippen LogP contribution in [0.1, 0.15) is 28.8 Å². The Morgan fingerprint density at radius 3 is 2.15 bits per heavy atom. The van der Waals surface area contributed by atoms with Crippen LogP contribution in [0.3, 0.4) is 0 Å². The number of benzene rings is 2. The van der Waals surface area contributed by atoms with E-state index >= 15 is 0 Å². The SMILES string of the molecule is C=O.C=O.CCSc1cccc(Cl)c1C.CNC(=O)c1cn(-c2cc(Cl)cc(Cl)c2)c(C)n1. The number of halogens is 3. The number of hydrogen-bond acceptors (Lipinski definition) is 5. The largest absolute Gasteiger partial charge is 0.354 e. The number of nitrogens with one attached hydrogen (secondary N) is 1. The van der Waals surface area contributed by atoms with Crippen LogP contribution in [0.15, 0.2) is 47.5 Å². The highest BCUT2D eigenvalue weighted by molar-refractivity contribution is 7.99. The molecule has 1 amide bonds. The van der Waals surface area contributed by atoms with E-state index < -0.39 is 0 Å². The molecular formula is C23H26Cl3N3O3S. The molecule has 0 radical (unpaired) electrons. The summed E-state index contributed by atoms with van der Waals surface area (Å²) >= 11 is 19.7. The predicted molar refractivity (Wildman–Crippen MR) is 139 cm³/mol. The quantitative estimate of drug-likeness (QED) is 0.404. The Kier molecular flexibility index (Phi) is 15.2. The molecule has 1 heterocycles. The zero-order chi connectivity index (χ0) is 25.6. The predicted octanol–water partition coefficient (Wildman–Crippen LogP) is 6.24. The van der Waals surface area contributed by atoms with Crippen LogP contribution >= 0.6 is 46.6 Å². The summed E-state index contributed by atoms with van der Waals surface area (Å²) in [5.74, 6) is 1.55. The van der Waals surface area contributed by atoms with Crippen LogP contribution in [0.25, 0.3) is 5.69 Å². The van der Waals surface area contributed by atoms with Crippen molar-refractivity contribution in [2.24, 2.45) is 0 Å². The molecule has 0 saturated carbocycles. The molecular weight excluding hydrogens is 505 g/mol. The van der Waals surface area contributed by atoms with Gasteiger partial charge >= 0.3 is 0 Å². The molecule has 6 nitrogen and oxygen atoms in total. The Morgan fingerprint density at radius 1 is 1.06 bits per heavy atom. The summed E-state index contributed by atoms with van der Waals surface area (Å²) < 4.78 is 1.77. The number of carbonyl (C=O) groups excluding carboxylic acids is 3. The lowest BCUT2D eigenvalue weighted by Gasteiger charge is -2.05. The number of rotatable bonds is 4. The van der Waals surface area contributed by atoms with E-state index in [-0.39, 0.29) is 5.91 Å². The van der Waals surface area contributed by atoms with Crippen LogP contribution in [0.5, 0.6) is 0 Å². The molecule has 0 fully saturated rings. The topological polar surface area (TPSA) is 81.1 Å². The van der Waals surface area contributed by atoms with Crippen LogP contribution in [-0.2, 0) is 9.59 Å². The summed E-state index contributed by atoms with van der Waals surface area (Å²) in [7, 11) is 1.56. The van der Waals surface area contributed by atoms with Gasteiger partial charge in [-0.1, -0.05) is 47.8 Å². The number of aryl methyl sites for hydroxylation is 1. The van der Waals surface area contributed by atoms with E-state index in [1.807, 2.05) is 37.5 Å². The van der Waals surface area contributed by atoms with Gasteiger partial charge in [0, 0.05) is 38.9 Å². The van der Waals surface area contributed by atoms with Gasteiger partial charge in [0.05, 0.1) is 0 Å². The van der Waals surface area contributed by atoms with Crippen molar-refractivity contribution in [3.63, 3.8) is 0 Å². The summed E-state index contributed by atoms with van der Waals surface area (Å²) in [5.41, 5.74) is 2.32.